The van der Waals surface area contributed by atoms with Gasteiger partial charge in [0.25, 0.3) is 5.91 Å². The SMILES string of the molecule is CC1(C)OC/C(=C/C(=O)c2ccccc2)N(OCc2ccccc2)C1=O. The van der Waals surface area contributed by atoms with Crippen LogP contribution in [0.3, 0.4) is 0 Å². The third-order valence-electron chi connectivity index (χ3n) is 4.10. The molecule has 0 bridgehead atoms. The molecule has 0 atom stereocenters. The van der Waals surface area contributed by atoms with Crippen LogP contribution in [0.4, 0.5) is 0 Å². The van der Waals surface area contributed by atoms with E-state index in [1.165, 1.54) is 11.1 Å². The summed E-state index contributed by atoms with van der Waals surface area (Å²) in [6.07, 6.45) is 1.40. The van der Waals surface area contributed by atoms with Crippen LogP contribution in [0.5, 0.6) is 0 Å². The van der Waals surface area contributed by atoms with Gasteiger partial charge in [0.05, 0.1) is 12.3 Å². The molecule has 1 amide bonds. The largest absolute Gasteiger partial charge is 0.359 e. The smallest absolute Gasteiger partial charge is 0.282 e. The van der Waals surface area contributed by atoms with Gasteiger partial charge in [-0.25, -0.2) is 0 Å². The fraction of sp³-hybridized carbons (Fsp3) is 0.238. The first-order valence-electron chi connectivity index (χ1n) is 8.43. The summed E-state index contributed by atoms with van der Waals surface area (Å²) < 4.78 is 5.62. The molecule has 0 unspecified atom stereocenters. The van der Waals surface area contributed by atoms with E-state index in [2.05, 4.69) is 0 Å². The van der Waals surface area contributed by atoms with E-state index in [1.807, 2.05) is 36.4 Å². The molecular weight excluding hydrogens is 330 g/mol. The second-order valence-electron chi connectivity index (χ2n) is 6.52. The molecule has 134 valence electrons. The molecule has 26 heavy (non-hydrogen) atoms. The molecule has 0 saturated carbocycles. The Morgan fingerprint density at radius 2 is 1.73 bits per heavy atom. The van der Waals surface area contributed by atoms with Gasteiger partial charge in [-0.15, -0.1) is 0 Å². The minimum absolute atomic E-state index is 0.117. The molecule has 1 heterocycles. The lowest BCUT2D eigenvalue weighted by Gasteiger charge is -2.37. The molecule has 0 N–H and O–H groups in total. The molecule has 1 fully saturated rings. The van der Waals surface area contributed by atoms with E-state index in [-0.39, 0.29) is 24.9 Å². The zero-order valence-corrected chi connectivity index (χ0v) is 14.8. The van der Waals surface area contributed by atoms with Gasteiger partial charge >= 0.3 is 0 Å². The summed E-state index contributed by atoms with van der Waals surface area (Å²) in [6.45, 7) is 3.71. The Bertz CT molecular complexity index is 812. The highest BCUT2D eigenvalue weighted by molar-refractivity contribution is 6.05. The zero-order chi connectivity index (χ0) is 18.6. The maximum absolute atomic E-state index is 12.7. The number of nitrogens with zero attached hydrogens (tertiary/aromatic N) is 1. The van der Waals surface area contributed by atoms with Gasteiger partial charge in [-0.1, -0.05) is 60.7 Å². The lowest BCUT2D eigenvalue weighted by Crippen LogP contribution is -2.52. The van der Waals surface area contributed by atoms with Gasteiger partial charge in [0.2, 0.25) is 0 Å². The monoisotopic (exact) mass is 351 g/mol. The summed E-state index contributed by atoms with van der Waals surface area (Å²) in [7, 11) is 0. The standard InChI is InChI=1S/C21H21NO4/c1-21(2)20(24)22(26-14-16-9-5-3-6-10-16)18(15-25-21)13-19(23)17-11-7-4-8-12-17/h3-13H,14-15H2,1-2H3/b18-13-. The second kappa shape index (κ2) is 7.64. The number of morpholine rings is 1. The minimum Gasteiger partial charge on any atom is -0.359 e. The maximum Gasteiger partial charge on any atom is 0.282 e. The Morgan fingerprint density at radius 3 is 2.38 bits per heavy atom. The Kier molecular flexibility index (Phi) is 5.30. The predicted molar refractivity (Wildman–Crippen MR) is 97.0 cm³/mol. The Balaban J connectivity index is 1.83. The van der Waals surface area contributed by atoms with Crippen molar-refractivity contribution in [2.45, 2.75) is 26.1 Å². The highest BCUT2D eigenvalue weighted by Gasteiger charge is 2.40. The van der Waals surface area contributed by atoms with Crippen molar-refractivity contribution in [3.63, 3.8) is 0 Å². The molecule has 0 radical (unpaired) electrons. The number of benzene rings is 2. The van der Waals surface area contributed by atoms with Gasteiger partial charge in [0.1, 0.15) is 12.2 Å². The first-order chi connectivity index (χ1) is 12.5. The molecule has 0 spiro atoms. The highest BCUT2D eigenvalue weighted by Crippen LogP contribution is 2.26. The summed E-state index contributed by atoms with van der Waals surface area (Å²) in [5.74, 6) is -0.545. The molecule has 2 aromatic rings. The van der Waals surface area contributed by atoms with Crippen LogP contribution >= 0.6 is 0 Å². The van der Waals surface area contributed by atoms with Gasteiger partial charge in [-0.05, 0) is 19.4 Å². The maximum atomic E-state index is 12.7. The van der Waals surface area contributed by atoms with Crippen molar-refractivity contribution < 1.29 is 19.2 Å². The van der Waals surface area contributed by atoms with Crippen LogP contribution in [0.15, 0.2) is 72.4 Å². The molecule has 5 heteroatoms. The van der Waals surface area contributed by atoms with Gasteiger partial charge in [-0.3, -0.25) is 14.4 Å². The van der Waals surface area contributed by atoms with Crippen molar-refractivity contribution in [1.82, 2.24) is 5.06 Å². The Hall–Kier alpha value is -2.76. The summed E-state index contributed by atoms with van der Waals surface area (Å²) in [5, 5.41) is 1.19. The van der Waals surface area contributed by atoms with Crippen LogP contribution in [0.25, 0.3) is 0 Å². The quantitative estimate of drug-likeness (QED) is 0.611. The number of allylic oxidation sites excluding steroid dienone is 1. The van der Waals surface area contributed by atoms with Crippen LogP contribution < -0.4 is 0 Å². The van der Waals surface area contributed by atoms with Crippen LogP contribution in [0.2, 0.25) is 0 Å². The average Bonchev–Trinajstić information content (AvgIpc) is 2.66. The number of hydroxylamine groups is 2. The van der Waals surface area contributed by atoms with Gasteiger partial charge in [0, 0.05) is 11.6 Å². The fourth-order valence-corrected chi connectivity index (χ4v) is 2.54. The van der Waals surface area contributed by atoms with Crippen molar-refractivity contribution in [2.75, 3.05) is 6.61 Å². The number of carbonyl (C=O) groups excluding carboxylic acids is 2. The molecule has 1 aliphatic heterocycles. The Labute approximate surface area is 152 Å². The molecule has 1 saturated heterocycles. The van der Waals surface area contributed by atoms with Crippen molar-refractivity contribution >= 4 is 11.7 Å². The van der Waals surface area contributed by atoms with Gasteiger partial charge in [0.15, 0.2) is 5.78 Å². The first-order valence-corrected chi connectivity index (χ1v) is 8.43. The number of ether oxygens (including phenoxy) is 1. The van der Waals surface area contributed by atoms with E-state index in [4.69, 9.17) is 9.57 Å². The van der Waals surface area contributed by atoms with Crippen LogP contribution in [0, 0.1) is 0 Å². The van der Waals surface area contributed by atoms with Crippen LogP contribution in [-0.4, -0.2) is 29.0 Å². The summed E-state index contributed by atoms with van der Waals surface area (Å²) >= 11 is 0. The minimum atomic E-state index is -1.01. The predicted octanol–water partition coefficient (Wildman–Crippen LogP) is 3.52. The number of hydrogen-bond acceptors (Lipinski definition) is 4. The molecule has 5 nitrogen and oxygen atoms in total. The molecule has 0 aromatic heterocycles. The number of hydrogen-bond donors (Lipinski definition) is 0. The molecule has 0 aliphatic carbocycles. The van der Waals surface area contributed by atoms with E-state index in [1.54, 1.807) is 38.1 Å². The Morgan fingerprint density at radius 1 is 1.12 bits per heavy atom. The van der Waals surface area contributed by atoms with E-state index in [9.17, 15) is 9.59 Å². The van der Waals surface area contributed by atoms with Crippen molar-refractivity contribution in [3.8, 4) is 0 Å². The zero-order valence-electron chi connectivity index (χ0n) is 14.8. The number of amides is 1. The lowest BCUT2D eigenvalue weighted by atomic mass is 10.1. The fourth-order valence-electron chi connectivity index (χ4n) is 2.54. The third kappa shape index (κ3) is 4.07. The molecular formula is C21H21NO4. The number of ketones is 1. The van der Waals surface area contributed by atoms with Crippen molar-refractivity contribution in [3.05, 3.63) is 83.6 Å². The first kappa shape index (κ1) is 18.0. The van der Waals surface area contributed by atoms with E-state index in [0.717, 1.165) is 5.56 Å². The topological polar surface area (TPSA) is 55.8 Å². The van der Waals surface area contributed by atoms with Crippen molar-refractivity contribution in [2.24, 2.45) is 0 Å². The van der Waals surface area contributed by atoms with Gasteiger partial charge < -0.3 is 4.74 Å². The molecule has 2 aromatic carbocycles. The summed E-state index contributed by atoms with van der Waals surface area (Å²) in [4.78, 5) is 30.9. The summed E-state index contributed by atoms with van der Waals surface area (Å²) in [5.41, 5.74) is 0.849. The number of carbonyl (C=O) groups is 2. The number of rotatable bonds is 5. The second-order valence-corrected chi connectivity index (χ2v) is 6.52. The third-order valence-corrected chi connectivity index (χ3v) is 4.10. The van der Waals surface area contributed by atoms with Crippen molar-refractivity contribution in [1.29, 1.82) is 0 Å². The molecule has 1 aliphatic rings. The van der Waals surface area contributed by atoms with Crippen LogP contribution in [0.1, 0.15) is 29.8 Å². The summed E-state index contributed by atoms with van der Waals surface area (Å²) in [6, 6.07) is 18.4. The molecule has 3 rings (SSSR count). The van der Waals surface area contributed by atoms with Gasteiger partial charge in [-0.2, -0.15) is 5.06 Å². The normalized spacial score (nSPS) is 18.2. The lowest BCUT2D eigenvalue weighted by molar-refractivity contribution is -0.216. The van der Waals surface area contributed by atoms with E-state index < -0.39 is 5.60 Å². The highest BCUT2D eigenvalue weighted by atomic mass is 16.7. The average molecular weight is 351 g/mol. The van der Waals surface area contributed by atoms with E-state index >= 15 is 0 Å². The van der Waals surface area contributed by atoms with E-state index in [0.29, 0.717) is 11.3 Å². The van der Waals surface area contributed by atoms with Crippen LogP contribution in [-0.2, 0) is 21.0 Å².